The van der Waals surface area contributed by atoms with E-state index in [1.54, 1.807) is 6.92 Å². The first-order chi connectivity index (χ1) is 9.13. The van der Waals surface area contributed by atoms with E-state index in [1.807, 2.05) is 4.90 Å². The number of carbonyl (C=O) groups excluding carboxylic acids is 1. The van der Waals surface area contributed by atoms with Gasteiger partial charge in [-0.15, -0.1) is 0 Å². The zero-order chi connectivity index (χ0) is 13.8. The molecule has 1 aliphatic rings. The van der Waals surface area contributed by atoms with E-state index in [-0.39, 0.29) is 0 Å². The smallest absolute Gasteiger partial charge is 0.223 e. The molecule has 0 radical (unpaired) electrons. The molecule has 2 unspecified atom stereocenters. The molecule has 1 saturated heterocycles. The Hall–Kier alpha value is -1.43. The van der Waals surface area contributed by atoms with Gasteiger partial charge in [-0.25, -0.2) is 0 Å². The van der Waals surface area contributed by atoms with Crippen LogP contribution >= 0.6 is 0 Å². The molecule has 0 saturated carbocycles. The van der Waals surface area contributed by atoms with Crippen molar-refractivity contribution in [1.82, 2.24) is 15.0 Å². The van der Waals surface area contributed by atoms with Crippen molar-refractivity contribution in [3.8, 4) is 0 Å². The molecular weight excluding hydrogens is 244 g/mol. The van der Waals surface area contributed by atoms with Crippen LogP contribution in [0, 0.1) is 24.7 Å². The molecule has 2 rings (SSSR count). The summed E-state index contributed by atoms with van der Waals surface area (Å²) in [5, 5.41) is 3.95. The van der Waals surface area contributed by atoms with Crippen molar-refractivity contribution in [2.45, 2.75) is 26.7 Å². The van der Waals surface area contributed by atoms with Crippen LogP contribution in [0.15, 0.2) is 4.52 Å². The topological polar surface area (TPSA) is 85.2 Å². The highest BCUT2D eigenvalue weighted by molar-refractivity contribution is 5.47. The highest BCUT2D eigenvalue weighted by Gasteiger charge is 2.31. The second-order valence-corrected chi connectivity index (χ2v) is 5.46. The van der Waals surface area contributed by atoms with Gasteiger partial charge in [0.1, 0.15) is 0 Å². The number of aryl methyl sites for hydroxylation is 1. The molecule has 6 nitrogen and oxygen atoms in total. The lowest BCUT2D eigenvalue weighted by atomic mass is 9.76. The Kier molecular flexibility index (Phi) is 4.52. The van der Waals surface area contributed by atoms with E-state index < -0.39 is 0 Å². The summed E-state index contributed by atoms with van der Waals surface area (Å²) in [6, 6.07) is 0. The van der Waals surface area contributed by atoms with E-state index in [0.717, 1.165) is 38.2 Å². The van der Waals surface area contributed by atoms with Crippen molar-refractivity contribution in [2.75, 3.05) is 19.6 Å². The standard InChI is InChI=1S/C13H22N4O2/c1-9-7-17(8-18)4-3-12(9)11(6-14)5-13-15-10(2)19-16-13/h8-9,11-12H,3-7,14H2,1-2H3/t9-,11?,12?/m1/s1. The Labute approximate surface area is 113 Å². The molecular formula is C13H22N4O2. The fraction of sp³-hybridized carbons (Fsp3) is 0.769. The number of aromatic nitrogens is 2. The fourth-order valence-corrected chi connectivity index (χ4v) is 3.06. The van der Waals surface area contributed by atoms with Crippen LogP contribution in [0.3, 0.4) is 0 Å². The summed E-state index contributed by atoms with van der Waals surface area (Å²) < 4.78 is 5.00. The van der Waals surface area contributed by atoms with Gasteiger partial charge in [-0.1, -0.05) is 12.1 Å². The van der Waals surface area contributed by atoms with Gasteiger partial charge in [0.2, 0.25) is 12.3 Å². The Morgan fingerprint density at radius 3 is 2.95 bits per heavy atom. The van der Waals surface area contributed by atoms with Gasteiger partial charge < -0.3 is 15.2 Å². The number of amides is 1. The lowest BCUT2D eigenvalue weighted by Crippen LogP contribution is -2.43. The second kappa shape index (κ2) is 6.14. The van der Waals surface area contributed by atoms with Gasteiger partial charge in [-0.05, 0) is 30.7 Å². The molecule has 106 valence electrons. The summed E-state index contributed by atoms with van der Waals surface area (Å²) in [5.74, 6) is 2.65. The first-order valence-electron chi connectivity index (χ1n) is 6.82. The van der Waals surface area contributed by atoms with Crippen LogP contribution in [0.2, 0.25) is 0 Å². The summed E-state index contributed by atoms with van der Waals surface area (Å²) in [6.45, 7) is 6.23. The highest BCUT2D eigenvalue weighted by Crippen LogP contribution is 2.30. The fourth-order valence-electron chi connectivity index (χ4n) is 3.06. The normalized spacial score (nSPS) is 25.3. The molecule has 1 aliphatic heterocycles. The molecule has 0 aliphatic carbocycles. The van der Waals surface area contributed by atoms with E-state index in [4.69, 9.17) is 10.3 Å². The summed E-state index contributed by atoms with van der Waals surface area (Å²) >= 11 is 0. The van der Waals surface area contributed by atoms with E-state index in [2.05, 4.69) is 17.1 Å². The lowest BCUT2D eigenvalue weighted by Gasteiger charge is -2.38. The molecule has 2 heterocycles. The predicted octanol–water partition coefficient (Wildman–Crippen LogP) is 0.610. The largest absolute Gasteiger partial charge is 0.345 e. The third kappa shape index (κ3) is 3.32. The third-order valence-corrected chi connectivity index (χ3v) is 4.07. The van der Waals surface area contributed by atoms with Gasteiger partial charge >= 0.3 is 0 Å². The van der Waals surface area contributed by atoms with E-state index in [9.17, 15) is 4.79 Å². The predicted molar refractivity (Wildman–Crippen MR) is 70.2 cm³/mol. The molecule has 2 N–H and O–H groups in total. The minimum absolute atomic E-state index is 0.348. The number of carbonyl (C=O) groups is 1. The van der Waals surface area contributed by atoms with Crippen molar-refractivity contribution in [3.63, 3.8) is 0 Å². The van der Waals surface area contributed by atoms with Crippen LogP contribution in [0.4, 0.5) is 0 Å². The minimum atomic E-state index is 0.348. The maximum absolute atomic E-state index is 10.8. The highest BCUT2D eigenvalue weighted by atomic mass is 16.5. The number of rotatable bonds is 5. The Bertz CT molecular complexity index is 421. The zero-order valence-corrected chi connectivity index (χ0v) is 11.6. The van der Waals surface area contributed by atoms with Gasteiger partial charge in [0, 0.05) is 26.4 Å². The Morgan fingerprint density at radius 2 is 2.42 bits per heavy atom. The van der Waals surface area contributed by atoms with E-state index >= 15 is 0 Å². The van der Waals surface area contributed by atoms with Gasteiger partial charge in [0.25, 0.3) is 0 Å². The second-order valence-electron chi connectivity index (χ2n) is 5.46. The van der Waals surface area contributed by atoms with Gasteiger partial charge in [-0.2, -0.15) is 4.98 Å². The lowest BCUT2D eigenvalue weighted by molar-refractivity contribution is -0.120. The van der Waals surface area contributed by atoms with Gasteiger partial charge in [0.05, 0.1) is 0 Å². The molecule has 1 amide bonds. The number of likely N-dealkylation sites (tertiary alicyclic amines) is 1. The van der Waals surface area contributed by atoms with Crippen molar-refractivity contribution >= 4 is 6.41 Å². The van der Waals surface area contributed by atoms with Crippen molar-refractivity contribution < 1.29 is 9.32 Å². The Balaban J connectivity index is 1.99. The monoisotopic (exact) mass is 266 g/mol. The van der Waals surface area contributed by atoms with Crippen LogP contribution in [-0.2, 0) is 11.2 Å². The van der Waals surface area contributed by atoms with Crippen molar-refractivity contribution in [2.24, 2.45) is 23.5 Å². The maximum Gasteiger partial charge on any atom is 0.223 e. The number of hydrogen-bond acceptors (Lipinski definition) is 5. The van der Waals surface area contributed by atoms with Gasteiger partial charge in [-0.3, -0.25) is 4.79 Å². The quantitative estimate of drug-likeness (QED) is 0.789. The zero-order valence-electron chi connectivity index (χ0n) is 11.6. The molecule has 0 spiro atoms. The number of nitrogens with two attached hydrogens (primary N) is 1. The first-order valence-corrected chi connectivity index (χ1v) is 6.82. The molecule has 0 bridgehead atoms. The molecule has 1 aromatic heterocycles. The average Bonchev–Trinajstić information content (AvgIpc) is 2.81. The van der Waals surface area contributed by atoms with Gasteiger partial charge in [0.15, 0.2) is 5.82 Å². The SMILES string of the molecule is Cc1nc(CC(CN)C2CCN(C=O)C[C@H]2C)no1. The van der Waals surface area contributed by atoms with Crippen molar-refractivity contribution in [3.05, 3.63) is 11.7 Å². The maximum atomic E-state index is 10.8. The summed E-state index contributed by atoms with van der Waals surface area (Å²) in [7, 11) is 0. The number of hydrogen-bond donors (Lipinski definition) is 1. The first kappa shape index (κ1) is 14.0. The third-order valence-electron chi connectivity index (χ3n) is 4.07. The van der Waals surface area contributed by atoms with Crippen LogP contribution in [0.25, 0.3) is 0 Å². The average molecular weight is 266 g/mol. The van der Waals surface area contributed by atoms with Crippen LogP contribution in [-0.4, -0.2) is 41.1 Å². The molecule has 3 atom stereocenters. The number of piperidine rings is 1. The molecule has 1 aromatic rings. The molecule has 19 heavy (non-hydrogen) atoms. The summed E-state index contributed by atoms with van der Waals surface area (Å²) in [5.41, 5.74) is 5.92. The van der Waals surface area contributed by atoms with Crippen LogP contribution in [0.5, 0.6) is 0 Å². The summed E-state index contributed by atoms with van der Waals surface area (Å²) in [6.07, 6.45) is 2.69. The van der Waals surface area contributed by atoms with E-state index in [0.29, 0.717) is 30.2 Å². The molecule has 0 aromatic carbocycles. The van der Waals surface area contributed by atoms with Crippen LogP contribution < -0.4 is 5.73 Å². The van der Waals surface area contributed by atoms with Crippen LogP contribution in [0.1, 0.15) is 25.1 Å². The molecule has 1 fully saturated rings. The van der Waals surface area contributed by atoms with E-state index in [1.165, 1.54) is 0 Å². The number of nitrogens with zero attached hydrogens (tertiary/aromatic N) is 3. The summed E-state index contributed by atoms with van der Waals surface area (Å²) in [4.78, 5) is 16.9. The minimum Gasteiger partial charge on any atom is -0.345 e. The Morgan fingerprint density at radius 1 is 1.63 bits per heavy atom. The van der Waals surface area contributed by atoms with Crippen molar-refractivity contribution in [1.29, 1.82) is 0 Å². The molecule has 6 heteroatoms.